The molecule has 2 N–H and O–H groups in total. The highest BCUT2D eigenvalue weighted by atomic mass is 16.5. The van der Waals surface area contributed by atoms with Crippen molar-refractivity contribution in [1.29, 1.82) is 0 Å². The van der Waals surface area contributed by atoms with Crippen molar-refractivity contribution in [1.82, 2.24) is 10.2 Å². The van der Waals surface area contributed by atoms with Gasteiger partial charge in [0.05, 0.1) is 0 Å². The Balaban J connectivity index is 1.66. The van der Waals surface area contributed by atoms with Crippen LogP contribution in [-0.2, 0) is 9.53 Å². The molecule has 1 atom stereocenters. The Bertz CT molecular complexity index is 562. The number of amides is 2. The number of ether oxygens (including phenoxy) is 1. The largest absolute Gasteiger partial charge is 0.368 e. The predicted octanol–water partition coefficient (Wildman–Crippen LogP) is 1.24. The minimum absolute atomic E-state index is 0.0157. The van der Waals surface area contributed by atoms with Gasteiger partial charge in [0.1, 0.15) is 6.10 Å². The van der Waals surface area contributed by atoms with Gasteiger partial charge in [-0.25, -0.2) is 0 Å². The molecule has 2 aliphatic heterocycles. The molecular weight excluding hydrogens is 294 g/mol. The molecule has 0 bridgehead atoms. The number of nitrogens with one attached hydrogen (secondary N) is 2. The maximum atomic E-state index is 12.6. The molecule has 2 aliphatic rings. The molecule has 0 aromatic heterocycles. The lowest BCUT2D eigenvalue weighted by atomic mass is 10.1. The fourth-order valence-corrected chi connectivity index (χ4v) is 2.97. The Morgan fingerprint density at radius 2 is 2.13 bits per heavy atom. The Labute approximate surface area is 136 Å². The summed E-state index contributed by atoms with van der Waals surface area (Å²) in [5.41, 5.74) is 1.25. The van der Waals surface area contributed by atoms with E-state index in [1.807, 2.05) is 4.90 Å². The van der Waals surface area contributed by atoms with E-state index in [0.717, 1.165) is 38.9 Å². The summed E-state index contributed by atoms with van der Waals surface area (Å²) >= 11 is 0. The fraction of sp³-hybridized carbons (Fsp3) is 0.529. The maximum absolute atomic E-state index is 12.6. The van der Waals surface area contributed by atoms with Crippen molar-refractivity contribution in [3.8, 4) is 0 Å². The number of carbonyl (C=O) groups is 2. The summed E-state index contributed by atoms with van der Waals surface area (Å²) in [6.07, 6.45) is 2.26. The van der Waals surface area contributed by atoms with Crippen LogP contribution >= 0.6 is 0 Å². The normalized spacial score (nSPS) is 21.7. The molecule has 0 saturated carbocycles. The van der Waals surface area contributed by atoms with Crippen LogP contribution in [0.3, 0.4) is 0 Å². The van der Waals surface area contributed by atoms with Crippen molar-refractivity contribution in [2.75, 3.05) is 38.1 Å². The highest BCUT2D eigenvalue weighted by Gasteiger charge is 2.24. The van der Waals surface area contributed by atoms with E-state index in [1.165, 1.54) is 0 Å². The lowest BCUT2D eigenvalue weighted by Crippen LogP contribution is -2.34. The van der Waals surface area contributed by atoms with Gasteiger partial charge in [0.15, 0.2) is 0 Å². The topological polar surface area (TPSA) is 70.7 Å². The van der Waals surface area contributed by atoms with E-state index in [2.05, 4.69) is 10.6 Å². The molecule has 1 aromatic rings. The first-order valence-electron chi connectivity index (χ1n) is 8.26. The van der Waals surface area contributed by atoms with Crippen LogP contribution < -0.4 is 10.6 Å². The molecule has 1 aromatic carbocycles. The van der Waals surface area contributed by atoms with Crippen molar-refractivity contribution < 1.29 is 14.3 Å². The van der Waals surface area contributed by atoms with Crippen molar-refractivity contribution in [2.24, 2.45) is 0 Å². The van der Waals surface area contributed by atoms with Gasteiger partial charge in [-0.2, -0.15) is 0 Å². The van der Waals surface area contributed by atoms with Crippen LogP contribution in [0.1, 0.15) is 29.6 Å². The molecule has 23 heavy (non-hydrogen) atoms. The highest BCUT2D eigenvalue weighted by molar-refractivity contribution is 5.98. The Hall–Kier alpha value is -1.92. The van der Waals surface area contributed by atoms with E-state index < -0.39 is 0 Å². The monoisotopic (exact) mass is 317 g/mol. The lowest BCUT2D eigenvalue weighted by Gasteiger charge is -2.20. The first-order chi connectivity index (χ1) is 11.2. The zero-order valence-electron chi connectivity index (χ0n) is 13.2. The molecule has 0 aliphatic carbocycles. The highest BCUT2D eigenvalue weighted by Crippen LogP contribution is 2.17. The number of carbonyl (C=O) groups excluding carboxylic acids is 2. The second-order valence-corrected chi connectivity index (χ2v) is 5.97. The summed E-state index contributed by atoms with van der Waals surface area (Å²) in [6.45, 7) is 3.88. The summed E-state index contributed by atoms with van der Waals surface area (Å²) in [4.78, 5) is 26.6. The average Bonchev–Trinajstić information content (AvgIpc) is 2.97. The van der Waals surface area contributed by atoms with Gasteiger partial charge in [0, 0.05) is 37.5 Å². The molecule has 0 spiro atoms. The van der Waals surface area contributed by atoms with Gasteiger partial charge in [0.2, 0.25) is 0 Å². The zero-order valence-corrected chi connectivity index (χ0v) is 13.2. The molecule has 3 rings (SSSR count). The summed E-state index contributed by atoms with van der Waals surface area (Å²) in [5, 5.41) is 6.13. The van der Waals surface area contributed by atoms with Gasteiger partial charge in [0.25, 0.3) is 11.8 Å². The van der Waals surface area contributed by atoms with Crippen LogP contribution in [-0.4, -0.2) is 55.6 Å². The molecule has 2 fully saturated rings. The van der Waals surface area contributed by atoms with E-state index in [0.29, 0.717) is 24.4 Å². The van der Waals surface area contributed by atoms with E-state index >= 15 is 0 Å². The molecule has 1 unspecified atom stereocenters. The average molecular weight is 317 g/mol. The summed E-state index contributed by atoms with van der Waals surface area (Å²) in [7, 11) is 0. The summed E-state index contributed by atoms with van der Waals surface area (Å²) in [5.74, 6) is -0.118. The van der Waals surface area contributed by atoms with Crippen LogP contribution in [0.15, 0.2) is 24.3 Å². The van der Waals surface area contributed by atoms with Gasteiger partial charge >= 0.3 is 0 Å². The van der Waals surface area contributed by atoms with Crippen molar-refractivity contribution in [3.63, 3.8) is 0 Å². The van der Waals surface area contributed by atoms with Crippen LogP contribution in [0.4, 0.5) is 5.69 Å². The SMILES string of the molecule is O=C(Nc1cccc(C(=O)N2CCCNCC2)c1)C1CCCO1. The molecule has 6 nitrogen and oxygen atoms in total. The Kier molecular flexibility index (Phi) is 5.25. The van der Waals surface area contributed by atoms with Gasteiger partial charge in [-0.3, -0.25) is 9.59 Å². The third-order valence-electron chi connectivity index (χ3n) is 4.23. The number of benzene rings is 1. The number of nitrogens with zero attached hydrogens (tertiary/aromatic N) is 1. The molecule has 2 heterocycles. The maximum Gasteiger partial charge on any atom is 0.253 e. The van der Waals surface area contributed by atoms with Crippen LogP contribution in [0, 0.1) is 0 Å². The second kappa shape index (κ2) is 7.57. The molecular formula is C17H23N3O3. The van der Waals surface area contributed by atoms with Crippen LogP contribution in [0.5, 0.6) is 0 Å². The standard InChI is InChI=1S/C17H23N3O3/c21-16(15-6-2-11-23-15)19-14-5-1-4-13(12-14)17(22)20-9-3-7-18-8-10-20/h1,4-5,12,15,18H,2-3,6-11H2,(H,19,21). The molecule has 124 valence electrons. The predicted molar refractivity (Wildman–Crippen MR) is 87.4 cm³/mol. The summed E-state index contributed by atoms with van der Waals surface area (Å²) in [6, 6.07) is 7.14. The Morgan fingerprint density at radius 1 is 1.22 bits per heavy atom. The fourth-order valence-electron chi connectivity index (χ4n) is 2.97. The Morgan fingerprint density at radius 3 is 2.96 bits per heavy atom. The van der Waals surface area contributed by atoms with E-state index in [4.69, 9.17) is 4.74 Å². The molecule has 2 saturated heterocycles. The quantitative estimate of drug-likeness (QED) is 0.880. The van der Waals surface area contributed by atoms with Crippen LogP contribution in [0.25, 0.3) is 0 Å². The summed E-state index contributed by atoms with van der Waals surface area (Å²) < 4.78 is 5.38. The van der Waals surface area contributed by atoms with Crippen LogP contribution in [0.2, 0.25) is 0 Å². The van der Waals surface area contributed by atoms with Crippen molar-refractivity contribution in [2.45, 2.75) is 25.4 Å². The first kappa shape index (κ1) is 16.0. The number of hydrogen-bond donors (Lipinski definition) is 2. The van der Waals surface area contributed by atoms with E-state index in [9.17, 15) is 9.59 Å². The van der Waals surface area contributed by atoms with Crippen molar-refractivity contribution in [3.05, 3.63) is 29.8 Å². The van der Waals surface area contributed by atoms with Crippen molar-refractivity contribution >= 4 is 17.5 Å². The lowest BCUT2D eigenvalue weighted by molar-refractivity contribution is -0.124. The second-order valence-electron chi connectivity index (χ2n) is 5.97. The molecule has 0 radical (unpaired) electrons. The third-order valence-corrected chi connectivity index (χ3v) is 4.23. The first-order valence-corrected chi connectivity index (χ1v) is 8.26. The number of hydrogen-bond acceptors (Lipinski definition) is 4. The third kappa shape index (κ3) is 4.09. The van der Waals surface area contributed by atoms with Gasteiger partial charge in [-0.05, 0) is 44.0 Å². The van der Waals surface area contributed by atoms with Gasteiger partial charge in [-0.15, -0.1) is 0 Å². The number of anilines is 1. The van der Waals surface area contributed by atoms with E-state index in [-0.39, 0.29) is 17.9 Å². The van der Waals surface area contributed by atoms with Gasteiger partial charge in [-0.1, -0.05) is 6.07 Å². The number of rotatable bonds is 3. The molecule has 2 amide bonds. The minimum atomic E-state index is -0.369. The molecule has 6 heteroatoms. The van der Waals surface area contributed by atoms with E-state index in [1.54, 1.807) is 24.3 Å². The zero-order chi connectivity index (χ0) is 16.1. The minimum Gasteiger partial charge on any atom is -0.368 e. The van der Waals surface area contributed by atoms with Gasteiger partial charge < -0.3 is 20.3 Å². The smallest absolute Gasteiger partial charge is 0.253 e.